The fraction of sp³-hybridized carbons (Fsp3) is 0.0909. The monoisotopic (exact) mass is 252 g/mol. The highest BCUT2D eigenvalue weighted by Gasteiger charge is 2.09. The molecule has 0 saturated heterocycles. The number of nitrogens with two attached hydrogens (primary N) is 1. The van der Waals surface area contributed by atoms with E-state index in [1.807, 2.05) is 0 Å². The lowest BCUT2D eigenvalue weighted by molar-refractivity contribution is -0.497. The first-order valence-electron chi connectivity index (χ1n) is 5.11. The van der Waals surface area contributed by atoms with Gasteiger partial charge in [-0.05, 0) is 12.1 Å². The van der Waals surface area contributed by atoms with Crippen molar-refractivity contribution in [3.63, 3.8) is 0 Å². The predicted octanol–water partition coefficient (Wildman–Crippen LogP) is 1.85. The Morgan fingerprint density at radius 2 is 1.94 bits per heavy atom. The molecule has 0 aliphatic heterocycles. The van der Waals surface area contributed by atoms with Crippen LogP contribution in [-0.4, -0.2) is 9.97 Å². The zero-order valence-corrected chi connectivity index (χ0v) is 9.18. The molecule has 0 radical (unpaired) electrons. The van der Waals surface area contributed by atoms with Crippen LogP contribution in [0.15, 0.2) is 36.7 Å². The summed E-state index contributed by atoms with van der Waals surface area (Å²) in [6.07, 6.45) is 0.121. The van der Waals surface area contributed by atoms with Crippen molar-refractivity contribution < 1.29 is 14.3 Å². The van der Waals surface area contributed by atoms with Gasteiger partial charge in [0.05, 0.1) is 0 Å². The quantitative estimate of drug-likeness (QED) is 0.814. The Labute approximate surface area is 101 Å². The van der Waals surface area contributed by atoms with E-state index in [1.54, 1.807) is 12.1 Å². The van der Waals surface area contributed by atoms with Crippen molar-refractivity contribution in [2.75, 3.05) is 5.32 Å². The summed E-state index contributed by atoms with van der Waals surface area (Å²) in [6, 6.07) is 5.85. The van der Waals surface area contributed by atoms with Gasteiger partial charge < -0.3 is 16.0 Å². The van der Waals surface area contributed by atoms with Crippen LogP contribution in [0, 0.1) is 5.21 Å². The molecule has 2 rings (SSSR count). The number of nitrogens with one attached hydrogen (secondary N) is 1. The Kier molecular flexibility index (Phi) is 3.75. The van der Waals surface area contributed by atoms with Gasteiger partial charge in [-0.3, -0.25) is 4.98 Å². The van der Waals surface area contributed by atoms with E-state index in [2.05, 4.69) is 15.3 Å². The maximum atomic E-state index is 12.5. The number of alkyl halides is 2. The molecule has 0 aliphatic carbocycles. The molecule has 18 heavy (non-hydrogen) atoms. The molecular formula is C11H10F2N4O. The highest BCUT2D eigenvalue weighted by Crippen LogP contribution is 2.21. The average molecular weight is 252 g/mol. The predicted molar refractivity (Wildman–Crippen MR) is 61.7 cm³/mol. The van der Waals surface area contributed by atoms with E-state index in [4.69, 9.17) is 0 Å². The SMILES string of the molecule is [O-][NH2+]c1ccnc(Nc2ccnc(C(F)F)c2)c1. The van der Waals surface area contributed by atoms with Crippen molar-refractivity contribution >= 4 is 17.2 Å². The normalized spacial score (nSPS) is 10.7. The van der Waals surface area contributed by atoms with E-state index >= 15 is 0 Å². The molecule has 2 aromatic heterocycles. The van der Waals surface area contributed by atoms with Gasteiger partial charge in [0, 0.05) is 30.2 Å². The van der Waals surface area contributed by atoms with Crippen LogP contribution in [0.25, 0.3) is 0 Å². The Morgan fingerprint density at radius 3 is 2.67 bits per heavy atom. The molecule has 3 N–H and O–H groups in total. The van der Waals surface area contributed by atoms with Crippen LogP contribution >= 0.6 is 0 Å². The van der Waals surface area contributed by atoms with Gasteiger partial charge in [-0.15, -0.1) is 0 Å². The number of hydrogen-bond donors (Lipinski definition) is 2. The zero-order valence-electron chi connectivity index (χ0n) is 9.18. The molecule has 0 spiro atoms. The summed E-state index contributed by atoms with van der Waals surface area (Å²) in [4.78, 5) is 7.53. The fourth-order valence-corrected chi connectivity index (χ4v) is 1.38. The van der Waals surface area contributed by atoms with E-state index in [-0.39, 0.29) is 5.69 Å². The summed E-state index contributed by atoms with van der Waals surface area (Å²) in [5.41, 5.74) is 1.27. The van der Waals surface area contributed by atoms with Crippen LogP contribution in [0.5, 0.6) is 0 Å². The highest BCUT2D eigenvalue weighted by molar-refractivity contribution is 5.58. The summed E-state index contributed by atoms with van der Waals surface area (Å²) < 4.78 is 24.9. The van der Waals surface area contributed by atoms with Gasteiger partial charge in [-0.25, -0.2) is 13.8 Å². The highest BCUT2D eigenvalue weighted by atomic mass is 19.3. The van der Waals surface area contributed by atoms with Crippen LogP contribution in [0.1, 0.15) is 12.1 Å². The van der Waals surface area contributed by atoms with Crippen LogP contribution in [0.3, 0.4) is 0 Å². The van der Waals surface area contributed by atoms with Gasteiger partial charge >= 0.3 is 0 Å². The topological polar surface area (TPSA) is 77.5 Å². The van der Waals surface area contributed by atoms with Crippen molar-refractivity contribution in [2.45, 2.75) is 6.43 Å². The Hall–Kier alpha value is -2.12. The summed E-state index contributed by atoms with van der Waals surface area (Å²) >= 11 is 0. The number of anilines is 2. The minimum atomic E-state index is -2.62. The molecule has 0 saturated carbocycles. The molecule has 2 aromatic rings. The molecule has 0 unspecified atom stereocenters. The number of nitrogens with zero attached hydrogens (tertiary/aromatic N) is 2. The molecule has 7 heteroatoms. The van der Waals surface area contributed by atoms with Crippen molar-refractivity contribution in [2.24, 2.45) is 0 Å². The molecule has 2 heterocycles. The Morgan fingerprint density at radius 1 is 1.17 bits per heavy atom. The van der Waals surface area contributed by atoms with Crippen LogP contribution in [-0.2, 0) is 0 Å². The second kappa shape index (κ2) is 5.48. The molecule has 0 aliphatic rings. The van der Waals surface area contributed by atoms with E-state index < -0.39 is 6.43 Å². The number of pyridine rings is 2. The molecular weight excluding hydrogens is 242 g/mol. The Balaban J connectivity index is 2.20. The third-order valence-electron chi connectivity index (χ3n) is 2.20. The third-order valence-corrected chi connectivity index (χ3v) is 2.20. The standard InChI is InChI=1S/C11H10F2N4O/c12-11(13)9-5-7(1-3-14-9)16-10-6-8(17-18)2-4-15-10/h1-6,11H,17H2,(H,14,15,16). The number of aromatic nitrogens is 2. The first-order valence-corrected chi connectivity index (χ1v) is 5.11. The maximum absolute atomic E-state index is 12.5. The largest absolute Gasteiger partial charge is 0.630 e. The molecule has 0 fully saturated rings. The summed E-state index contributed by atoms with van der Waals surface area (Å²) in [5, 5.41) is 13.4. The molecule has 0 atom stereocenters. The van der Waals surface area contributed by atoms with E-state index in [9.17, 15) is 14.0 Å². The van der Waals surface area contributed by atoms with Crippen molar-refractivity contribution in [3.05, 3.63) is 47.6 Å². The van der Waals surface area contributed by atoms with Crippen LogP contribution < -0.4 is 10.8 Å². The second-order valence-electron chi connectivity index (χ2n) is 3.49. The van der Waals surface area contributed by atoms with Crippen molar-refractivity contribution in [1.82, 2.24) is 9.97 Å². The molecule has 0 bridgehead atoms. The first kappa shape index (κ1) is 12.3. The maximum Gasteiger partial charge on any atom is 0.280 e. The minimum Gasteiger partial charge on any atom is -0.630 e. The number of quaternary nitrogens is 1. The third kappa shape index (κ3) is 2.96. The van der Waals surface area contributed by atoms with Crippen LogP contribution in [0.4, 0.5) is 26.0 Å². The summed E-state index contributed by atoms with van der Waals surface area (Å²) in [7, 11) is 0. The smallest absolute Gasteiger partial charge is 0.280 e. The minimum absolute atomic E-state index is 0.313. The van der Waals surface area contributed by atoms with Gasteiger partial charge in [-0.1, -0.05) is 0 Å². The lowest BCUT2D eigenvalue weighted by Crippen LogP contribution is -2.70. The molecule has 0 aromatic carbocycles. The summed E-state index contributed by atoms with van der Waals surface area (Å²) in [6.45, 7) is 0. The van der Waals surface area contributed by atoms with Crippen LogP contribution in [0.2, 0.25) is 0 Å². The number of rotatable bonds is 4. The number of hydrogen-bond acceptors (Lipinski definition) is 4. The average Bonchev–Trinajstić information content (AvgIpc) is 2.39. The molecule has 5 nitrogen and oxygen atoms in total. The van der Waals surface area contributed by atoms with Crippen molar-refractivity contribution in [3.8, 4) is 0 Å². The first-order chi connectivity index (χ1) is 8.69. The van der Waals surface area contributed by atoms with E-state index in [0.29, 0.717) is 22.7 Å². The number of halogens is 2. The van der Waals surface area contributed by atoms with Gasteiger partial charge in [0.2, 0.25) is 0 Å². The lowest BCUT2D eigenvalue weighted by atomic mass is 10.3. The summed E-state index contributed by atoms with van der Waals surface area (Å²) in [5.74, 6) is 0.408. The van der Waals surface area contributed by atoms with Gasteiger partial charge in [0.25, 0.3) is 6.43 Å². The van der Waals surface area contributed by atoms with Gasteiger partial charge in [-0.2, -0.15) is 0 Å². The zero-order chi connectivity index (χ0) is 13.0. The Bertz CT molecular complexity index is 536. The van der Waals surface area contributed by atoms with Gasteiger partial charge in [0.15, 0.2) is 0 Å². The fourth-order valence-electron chi connectivity index (χ4n) is 1.38. The van der Waals surface area contributed by atoms with Gasteiger partial charge in [0.1, 0.15) is 17.2 Å². The second-order valence-corrected chi connectivity index (χ2v) is 3.49. The molecule has 94 valence electrons. The van der Waals surface area contributed by atoms with E-state index in [1.165, 1.54) is 24.5 Å². The lowest BCUT2D eigenvalue weighted by Gasteiger charge is -2.08. The molecule has 0 amide bonds. The van der Waals surface area contributed by atoms with Crippen molar-refractivity contribution in [1.29, 1.82) is 0 Å². The van der Waals surface area contributed by atoms with E-state index in [0.717, 1.165) is 0 Å².